The fourth-order valence-corrected chi connectivity index (χ4v) is 1.80. The number of hydrogen-bond donors (Lipinski definition) is 1. The van der Waals surface area contributed by atoms with Gasteiger partial charge < -0.3 is 14.8 Å². The maximum absolute atomic E-state index is 5.34. The number of hydrogen-bond acceptors (Lipinski definition) is 5. The lowest BCUT2D eigenvalue weighted by Crippen LogP contribution is -1.96. The van der Waals surface area contributed by atoms with Crippen LogP contribution in [0, 0.1) is 0 Å². The van der Waals surface area contributed by atoms with Crippen molar-refractivity contribution in [2.45, 2.75) is 0 Å². The van der Waals surface area contributed by atoms with Crippen molar-refractivity contribution in [3.63, 3.8) is 0 Å². The van der Waals surface area contributed by atoms with E-state index in [9.17, 15) is 0 Å². The summed E-state index contributed by atoms with van der Waals surface area (Å²) in [7, 11) is 1.64. The minimum atomic E-state index is 0.508. The second kappa shape index (κ2) is 4.97. The number of azo groups is 1. The largest absolute Gasteiger partial charge is 0.497 e. The fraction of sp³-hybridized carbons (Fsp3) is 0.143. The Morgan fingerprint density at radius 2 is 1.79 bits per heavy atom. The Morgan fingerprint density at radius 3 is 2.58 bits per heavy atom. The molecule has 5 heteroatoms. The number of nitrogens with zero attached hydrogens (tertiary/aromatic N) is 2. The lowest BCUT2D eigenvalue weighted by atomic mass is 10.2. The molecule has 0 saturated heterocycles. The number of rotatable bonds is 3. The summed E-state index contributed by atoms with van der Waals surface area (Å²) in [5.41, 5.74) is 2.52. The zero-order valence-electron chi connectivity index (χ0n) is 10.5. The molecule has 1 aliphatic rings. The van der Waals surface area contributed by atoms with E-state index in [0.717, 1.165) is 28.6 Å². The van der Waals surface area contributed by atoms with Gasteiger partial charge in [0.25, 0.3) is 0 Å². The zero-order valence-corrected chi connectivity index (χ0v) is 10.5. The lowest BCUT2D eigenvalue weighted by molar-refractivity contribution is 0.372. The molecule has 5 nitrogen and oxygen atoms in total. The van der Waals surface area contributed by atoms with E-state index in [2.05, 4.69) is 15.5 Å². The maximum atomic E-state index is 5.34. The summed E-state index contributed by atoms with van der Waals surface area (Å²) in [6.07, 6.45) is 0. The van der Waals surface area contributed by atoms with Crippen LogP contribution in [0.25, 0.3) is 0 Å². The Kier molecular flexibility index (Phi) is 3.02. The molecule has 0 aromatic heterocycles. The van der Waals surface area contributed by atoms with E-state index < -0.39 is 0 Å². The molecule has 1 aliphatic heterocycles. The molecule has 0 spiro atoms. The molecule has 19 heavy (non-hydrogen) atoms. The molecule has 3 rings (SSSR count). The second-order valence-electron chi connectivity index (χ2n) is 4.04. The first-order valence-electron chi connectivity index (χ1n) is 5.92. The maximum Gasteiger partial charge on any atom is 0.159 e. The molecule has 2 aromatic carbocycles. The molecule has 96 valence electrons. The predicted octanol–water partition coefficient (Wildman–Crippen LogP) is 3.87. The van der Waals surface area contributed by atoms with E-state index >= 15 is 0 Å². The average molecular weight is 255 g/mol. The van der Waals surface area contributed by atoms with Gasteiger partial charge in [0.05, 0.1) is 24.2 Å². The summed E-state index contributed by atoms with van der Waals surface area (Å²) >= 11 is 0. The molecule has 2 aromatic rings. The second-order valence-corrected chi connectivity index (χ2v) is 4.04. The van der Waals surface area contributed by atoms with Gasteiger partial charge in [-0.15, -0.1) is 0 Å². The Bertz CT molecular complexity index is 609. The van der Waals surface area contributed by atoms with Gasteiger partial charge in [0, 0.05) is 0 Å². The van der Waals surface area contributed by atoms with Crippen molar-refractivity contribution >= 4 is 17.1 Å². The highest BCUT2D eigenvalue weighted by molar-refractivity contribution is 5.65. The number of ether oxygens (including phenoxy) is 2. The van der Waals surface area contributed by atoms with Crippen molar-refractivity contribution in [1.82, 2.24) is 0 Å². The minimum absolute atomic E-state index is 0.508. The SMILES string of the molecule is COc1ccc(N=Nc2ccc3c(c2)NCO3)cc1. The minimum Gasteiger partial charge on any atom is -0.497 e. The fourth-order valence-electron chi connectivity index (χ4n) is 1.80. The molecule has 1 N–H and O–H groups in total. The number of nitrogens with one attached hydrogen (secondary N) is 1. The molecular weight excluding hydrogens is 242 g/mol. The van der Waals surface area contributed by atoms with E-state index in [1.807, 2.05) is 42.5 Å². The molecule has 0 atom stereocenters. The summed E-state index contributed by atoms with van der Waals surface area (Å²) in [5.74, 6) is 1.65. The smallest absolute Gasteiger partial charge is 0.159 e. The van der Waals surface area contributed by atoms with Crippen LogP contribution in [-0.4, -0.2) is 13.8 Å². The standard InChI is InChI=1S/C14H13N3O2/c1-18-12-5-2-10(3-6-12)16-17-11-4-7-14-13(8-11)15-9-19-14/h2-8,15H,9H2,1H3. The summed E-state index contributed by atoms with van der Waals surface area (Å²) in [4.78, 5) is 0. The van der Waals surface area contributed by atoms with Crippen LogP contribution in [0.2, 0.25) is 0 Å². The monoisotopic (exact) mass is 255 g/mol. The van der Waals surface area contributed by atoms with Gasteiger partial charge in [-0.25, -0.2) is 0 Å². The third kappa shape index (κ3) is 2.49. The van der Waals surface area contributed by atoms with E-state index in [4.69, 9.17) is 9.47 Å². The molecule has 0 unspecified atom stereocenters. The van der Waals surface area contributed by atoms with Crippen LogP contribution < -0.4 is 14.8 Å². The van der Waals surface area contributed by atoms with Crippen molar-refractivity contribution in [2.24, 2.45) is 10.2 Å². The highest BCUT2D eigenvalue weighted by Crippen LogP contribution is 2.33. The van der Waals surface area contributed by atoms with Gasteiger partial charge in [-0.3, -0.25) is 0 Å². The molecule has 0 radical (unpaired) electrons. The van der Waals surface area contributed by atoms with E-state index in [-0.39, 0.29) is 0 Å². The Labute approximate surface area is 110 Å². The summed E-state index contributed by atoms with van der Waals surface area (Å²) in [6, 6.07) is 13.1. The van der Waals surface area contributed by atoms with Crippen LogP contribution >= 0.6 is 0 Å². The van der Waals surface area contributed by atoms with Gasteiger partial charge in [0.2, 0.25) is 0 Å². The van der Waals surface area contributed by atoms with Gasteiger partial charge in [-0.1, -0.05) is 0 Å². The molecule has 0 saturated carbocycles. The van der Waals surface area contributed by atoms with Crippen molar-refractivity contribution in [3.8, 4) is 11.5 Å². The number of fused-ring (bicyclic) bond motifs is 1. The van der Waals surface area contributed by atoms with Gasteiger partial charge in [0.1, 0.15) is 11.5 Å². The van der Waals surface area contributed by atoms with E-state index in [1.54, 1.807) is 7.11 Å². The molecule has 1 heterocycles. The first kappa shape index (κ1) is 11.5. The summed E-state index contributed by atoms with van der Waals surface area (Å²) < 4.78 is 10.4. The van der Waals surface area contributed by atoms with E-state index in [1.165, 1.54) is 0 Å². The van der Waals surface area contributed by atoms with Crippen LogP contribution in [0.15, 0.2) is 52.7 Å². The van der Waals surface area contributed by atoms with Crippen molar-refractivity contribution in [2.75, 3.05) is 19.2 Å². The molecule has 0 fully saturated rings. The Balaban J connectivity index is 1.78. The quantitative estimate of drug-likeness (QED) is 0.847. The van der Waals surface area contributed by atoms with Gasteiger partial charge in [-0.05, 0) is 42.5 Å². The van der Waals surface area contributed by atoms with E-state index in [0.29, 0.717) is 6.73 Å². The highest BCUT2D eigenvalue weighted by Gasteiger charge is 2.10. The molecular formula is C14H13N3O2. The molecule has 0 aliphatic carbocycles. The summed E-state index contributed by atoms with van der Waals surface area (Å²) in [5, 5.41) is 11.5. The topological polar surface area (TPSA) is 55.2 Å². The normalized spacial score (nSPS) is 12.9. The lowest BCUT2D eigenvalue weighted by Gasteiger charge is -1.99. The van der Waals surface area contributed by atoms with Gasteiger partial charge in [-0.2, -0.15) is 10.2 Å². The van der Waals surface area contributed by atoms with Crippen molar-refractivity contribution < 1.29 is 9.47 Å². The first-order chi connectivity index (χ1) is 9.35. The van der Waals surface area contributed by atoms with Crippen LogP contribution in [0.5, 0.6) is 11.5 Å². The molecule has 0 bridgehead atoms. The highest BCUT2D eigenvalue weighted by atomic mass is 16.5. The molecule has 0 amide bonds. The van der Waals surface area contributed by atoms with Crippen LogP contribution in [0.4, 0.5) is 17.1 Å². The predicted molar refractivity (Wildman–Crippen MR) is 72.7 cm³/mol. The Hall–Kier alpha value is -2.56. The number of anilines is 1. The zero-order chi connectivity index (χ0) is 13.1. The van der Waals surface area contributed by atoms with Gasteiger partial charge in [0.15, 0.2) is 6.73 Å². The van der Waals surface area contributed by atoms with Crippen LogP contribution in [0.1, 0.15) is 0 Å². The number of methoxy groups -OCH3 is 1. The van der Waals surface area contributed by atoms with Crippen LogP contribution in [0.3, 0.4) is 0 Å². The van der Waals surface area contributed by atoms with Crippen molar-refractivity contribution in [3.05, 3.63) is 42.5 Å². The number of benzene rings is 2. The first-order valence-corrected chi connectivity index (χ1v) is 5.92. The average Bonchev–Trinajstić information content (AvgIpc) is 2.93. The van der Waals surface area contributed by atoms with Gasteiger partial charge >= 0.3 is 0 Å². The Morgan fingerprint density at radius 1 is 1.05 bits per heavy atom. The van der Waals surface area contributed by atoms with Crippen molar-refractivity contribution in [1.29, 1.82) is 0 Å². The third-order valence-corrected chi connectivity index (χ3v) is 2.81. The summed E-state index contributed by atoms with van der Waals surface area (Å²) in [6.45, 7) is 0.508. The van der Waals surface area contributed by atoms with Crippen LogP contribution in [-0.2, 0) is 0 Å². The third-order valence-electron chi connectivity index (χ3n) is 2.81.